The number of hydrogen-bond acceptors (Lipinski definition) is 3. The van der Waals surface area contributed by atoms with Gasteiger partial charge in [-0.2, -0.15) is 0 Å². The van der Waals surface area contributed by atoms with Crippen LogP contribution in [0.3, 0.4) is 0 Å². The molecule has 1 amide bonds. The first-order valence-corrected chi connectivity index (χ1v) is 7.36. The minimum absolute atomic E-state index is 0.0804. The fourth-order valence-electron chi connectivity index (χ4n) is 3.29. The third kappa shape index (κ3) is 2.86. The van der Waals surface area contributed by atoms with Crippen LogP contribution >= 0.6 is 0 Å². The minimum atomic E-state index is 0.0804. The molecule has 2 aliphatic rings. The van der Waals surface area contributed by atoms with Crippen LogP contribution in [0.4, 0.5) is 0 Å². The molecule has 2 aliphatic heterocycles. The van der Waals surface area contributed by atoms with E-state index in [4.69, 9.17) is 0 Å². The number of nitrogens with one attached hydrogen (secondary N) is 1. The quantitative estimate of drug-likeness (QED) is 0.819. The van der Waals surface area contributed by atoms with Gasteiger partial charge in [0.05, 0.1) is 12.7 Å². The molecule has 1 N–H and O–H groups in total. The van der Waals surface area contributed by atoms with Crippen molar-refractivity contribution in [3.05, 3.63) is 0 Å². The van der Waals surface area contributed by atoms with Gasteiger partial charge in [0.25, 0.3) is 0 Å². The topological polar surface area (TPSA) is 35.6 Å². The van der Waals surface area contributed by atoms with Crippen molar-refractivity contribution in [1.82, 2.24) is 15.1 Å². The van der Waals surface area contributed by atoms with E-state index in [1.54, 1.807) is 0 Å². The van der Waals surface area contributed by atoms with Crippen molar-refractivity contribution >= 4 is 5.91 Å². The number of hydrogen-bond donors (Lipinski definition) is 1. The molecule has 4 heteroatoms. The van der Waals surface area contributed by atoms with Gasteiger partial charge in [0.1, 0.15) is 0 Å². The summed E-state index contributed by atoms with van der Waals surface area (Å²) in [6, 6.07) is 0.518. The molecule has 2 rings (SSSR count). The van der Waals surface area contributed by atoms with E-state index in [-0.39, 0.29) is 6.04 Å². The molecule has 0 aromatic carbocycles. The van der Waals surface area contributed by atoms with Crippen LogP contribution in [0.25, 0.3) is 0 Å². The number of likely N-dealkylation sites (tertiary alicyclic amines) is 1. The summed E-state index contributed by atoms with van der Waals surface area (Å²) in [5, 5.41) is 3.38. The number of unbranched alkanes of at least 4 members (excludes halogenated alkanes) is 1. The first kappa shape index (κ1) is 13.8. The van der Waals surface area contributed by atoms with Crippen LogP contribution in [-0.4, -0.2) is 54.6 Å². The predicted molar refractivity (Wildman–Crippen MR) is 73.2 cm³/mol. The first-order valence-electron chi connectivity index (χ1n) is 7.36. The average Bonchev–Trinajstić information content (AvgIpc) is 2.68. The molecule has 18 heavy (non-hydrogen) atoms. The lowest BCUT2D eigenvalue weighted by Gasteiger charge is -2.39. The Labute approximate surface area is 111 Å². The minimum Gasteiger partial charge on any atom is -0.325 e. The van der Waals surface area contributed by atoms with Gasteiger partial charge >= 0.3 is 0 Å². The summed E-state index contributed by atoms with van der Waals surface area (Å²) in [6.07, 6.45) is 4.41. The number of piperidine rings is 1. The van der Waals surface area contributed by atoms with E-state index in [1.807, 2.05) is 0 Å². The van der Waals surface area contributed by atoms with E-state index >= 15 is 0 Å². The Balaban J connectivity index is 1.92. The van der Waals surface area contributed by atoms with Gasteiger partial charge < -0.3 is 9.80 Å². The van der Waals surface area contributed by atoms with Gasteiger partial charge in [-0.1, -0.05) is 26.7 Å². The van der Waals surface area contributed by atoms with Crippen molar-refractivity contribution < 1.29 is 4.79 Å². The molecular weight excluding hydrogens is 226 g/mol. The summed E-state index contributed by atoms with van der Waals surface area (Å²) >= 11 is 0. The summed E-state index contributed by atoms with van der Waals surface area (Å²) in [6.45, 7) is 7.42. The van der Waals surface area contributed by atoms with Crippen LogP contribution in [-0.2, 0) is 4.79 Å². The number of nitrogens with zero attached hydrogens (tertiary/aromatic N) is 2. The molecule has 0 bridgehead atoms. The zero-order chi connectivity index (χ0) is 13.1. The van der Waals surface area contributed by atoms with Crippen LogP contribution in [0.5, 0.6) is 0 Å². The Morgan fingerprint density at radius 1 is 1.44 bits per heavy atom. The van der Waals surface area contributed by atoms with Crippen LogP contribution in [0.2, 0.25) is 0 Å². The van der Waals surface area contributed by atoms with Crippen molar-refractivity contribution in [2.45, 2.75) is 51.6 Å². The van der Waals surface area contributed by atoms with Gasteiger partial charge in [-0.25, -0.2) is 0 Å². The maximum absolute atomic E-state index is 12.4. The van der Waals surface area contributed by atoms with Gasteiger partial charge in [-0.05, 0) is 32.4 Å². The second-order valence-corrected chi connectivity index (χ2v) is 5.96. The van der Waals surface area contributed by atoms with Crippen LogP contribution < -0.4 is 5.32 Å². The molecule has 3 atom stereocenters. The van der Waals surface area contributed by atoms with Gasteiger partial charge in [-0.3, -0.25) is 10.1 Å². The van der Waals surface area contributed by atoms with E-state index in [1.165, 1.54) is 0 Å². The molecule has 0 radical (unpaired) electrons. The van der Waals surface area contributed by atoms with Gasteiger partial charge in [-0.15, -0.1) is 0 Å². The molecule has 2 saturated heterocycles. The largest absolute Gasteiger partial charge is 0.325 e. The van der Waals surface area contributed by atoms with E-state index in [0.29, 0.717) is 17.9 Å². The number of rotatable bonds is 4. The highest BCUT2D eigenvalue weighted by Gasteiger charge is 2.38. The molecule has 3 unspecified atom stereocenters. The number of carbonyl (C=O) groups is 1. The molecule has 2 fully saturated rings. The smallest absolute Gasteiger partial charge is 0.241 e. The van der Waals surface area contributed by atoms with E-state index in [9.17, 15) is 4.79 Å². The van der Waals surface area contributed by atoms with Crippen LogP contribution in [0.1, 0.15) is 39.5 Å². The first-order chi connectivity index (χ1) is 8.63. The van der Waals surface area contributed by atoms with Crippen molar-refractivity contribution in [2.75, 3.05) is 26.8 Å². The Bertz CT molecular complexity index is 295. The lowest BCUT2D eigenvalue weighted by atomic mass is 9.92. The second-order valence-electron chi connectivity index (χ2n) is 5.96. The molecule has 4 nitrogen and oxygen atoms in total. The molecule has 0 aromatic rings. The normalized spacial score (nSPS) is 34.3. The molecule has 104 valence electrons. The molecule has 2 heterocycles. The lowest BCUT2D eigenvalue weighted by Crippen LogP contribution is -2.50. The molecule has 0 saturated carbocycles. The molecule has 0 aliphatic carbocycles. The van der Waals surface area contributed by atoms with Crippen LogP contribution in [0, 0.1) is 5.92 Å². The highest BCUT2D eigenvalue weighted by atomic mass is 16.2. The Kier molecular flexibility index (Phi) is 4.62. The van der Waals surface area contributed by atoms with Crippen molar-refractivity contribution in [2.24, 2.45) is 5.92 Å². The van der Waals surface area contributed by atoms with Crippen molar-refractivity contribution in [3.63, 3.8) is 0 Å². The molecular formula is C14H27N3O. The Morgan fingerprint density at radius 3 is 2.89 bits per heavy atom. The van der Waals surface area contributed by atoms with Gasteiger partial charge in [0, 0.05) is 12.6 Å². The SMILES string of the molecule is CCCCC1NCN(C2CCN(C)CC2C)C1=O. The van der Waals surface area contributed by atoms with Gasteiger partial charge in [0.2, 0.25) is 5.91 Å². The highest BCUT2D eigenvalue weighted by molar-refractivity contribution is 5.84. The maximum Gasteiger partial charge on any atom is 0.241 e. The summed E-state index contributed by atoms with van der Waals surface area (Å²) in [5.41, 5.74) is 0. The zero-order valence-electron chi connectivity index (χ0n) is 12.0. The molecule has 0 spiro atoms. The summed E-state index contributed by atoms with van der Waals surface area (Å²) in [4.78, 5) is 16.8. The average molecular weight is 253 g/mol. The fraction of sp³-hybridized carbons (Fsp3) is 0.929. The van der Waals surface area contributed by atoms with Crippen molar-refractivity contribution in [3.8, 4) is 0 Å². The summed E-state index contributed by atoms with van der Waals surface area (Å²) in [7, 11) is 2.17. The van der Waals surface area contributed by atoms with E-state index in [2.05, 4.69) is 36.0 Å². The maximum atomic E-state index is 12.4. The lowest BCUT2D eigenvalue weighted by molar-refractivity contribution is -0.132. The third-order valence-corrected chi connectivity index (χ3v) is 4.40. The fourth-order valence-corrected chi connectivity index (χ4v) is 3.29. The monoisotopic (exact) mass is 253 g/mol. The standard InChI is InChI=1S/C14H27N3O/c1-4-5-6-12-14(18)17(10-15-12)13-7-8-16(3)9-11(13)2/h11-13,15H,4-10H2,1-3H3. The van der Waals surface area contributed by atoms with E-state index < -0.39 is 0 Å². The number of carbonyl (C=O) groups excluding carboxylic acids is 1. The zero-order valence-corrected chi connectivity index (χ0v) is 12.0. The van der Waals surface area contributed by atoms with E-state index in [0.717, 1.165) is 45.4 Å². The Morgan fingerprint density at radius 2 is 2.22 bits per heavy atom. The number of amides is 1. The van der Waals surface area contributed by atoms with Gasteiger partial charge in [0.15, 0.2) is 0 Å². The highest BCUT2D eigenvalue weighted by Crippen LogP contribution is 2.24. The summed E-state index contributed by atoms with van der Waals surface area (Å²) in [5.74, 6) is 0.921. The molecule has 0 aromatic heterocycles. The predicted octanol–water partition coefficient (Wildman–Crippen LogP) is 1.27. The van der Waals surface area contributed by atoms with Crippen LogP contribution in [0.15, 0.2) is 0 Å². The third-order valence-electron chi connectivity index (χ3n) is 4.40. The Hall–Kier alpha value is -0.610. The summed E-state index contributed by atoms with van der Waals surface area (Å²) < 4.78 is 0. The van der Waals surface area contributed by atoms with Crippen molar-refractivity contribution in [1.29, 1.82) is 0 Å². The second kappa shape index (κ2) is 6.02.